The normalized spacial score (nSPS) is 19.5. The van der Waals surface area contributed by atoms with Crippen LogP contribution in [0.4, 0.5) is 0 Å². The Morgan fingerprint density at radius 1 is 1.18 bits per heavy atom. The van der Waals surface area contributed by atoms with Crippen LogP contribution in [0.3, 0.4) is 0 Å². The van der Waals surface area contributed by atoms with Gasteiger partial charge in [0.2, 0.25) is 0 Å². The first-order chi connectivity index (χ1) is 10.9. The number of hydrogen-bond acceptors (Lipinski definition) is 3. The van der Waals surface area contributed by atoms with E-state index in [0.717, 1.165) is 18.6 Å². The van der Waals surface area contributed by atoms with Crippen LogP contribution < -0.4 is 0 Å². The second kappa shape index (κ2) is 5.89. The zero-order valence-corrected chi connectivity index (χ0v) is 12.6. The summed E-state index contributed by atoms with van der Waals surface area (Å²) in [5.41, 5.74) is 3.71. The minimum absolute atomic E-state index is 0.582. The number of pyridine rings is 1. The number of fused-ring (bicyclic) bond motifs is 1. The highest BCUT2D eigenvalue weighted by molar-refractivity contribution is 5.78. The van der Waals surface area contributed by atoms with Crippen LogP contribution in [0.5, 0.6) is 0 Å². The van der Waals surface area contributed by atoms with Crippen molar-refractivity contribution in [2.24, 2.45) is 0 Å². The van der Waals surface area contributed by atoms with Crippen LogP contribution in [-0.4, -0.2) is 33.2 Å². The van der Waals surface area contributed by atoms with Crippen molar-refractivity contribution >= 4 is 10.9 Å². The van der Waals surface area contributed by atoms with Gasteiger partial charge in [0.05, 0.1) is 5.52 Å². The first kappa shape index (κ1) is 13.5. The van der Waals surface area contributed by atoms with E-state index in [4.69, 9.17) is 0 Å². The van der Waals surface area contributed by atoms with Crippen LogP contribution in [0, 0.1) is 0 Å². The van der Waals surface area contributed by atoms with Crippen LogP contribution in [0.15, 0.2) is 48.8 Å². The molecule has 0 amide bonds. The number of benzene rings is 1. The molecule has 4 nitrogen and oxygen atoms in total. The van der Waals surface area contributed by atoms with Crippen molar-refractivity contribution in [2.75, 3.05) is 13.1 Å². The van der Waals surface area contributed by atoms with Crippen molar-refractivity contribution in [1.82, 2.24) is 20.1 Å². The van der Waals surface area contributed by atoms with Crippen molar-refractivity contribution in [3.63, 3.8) is 0 Å². The minimum atomic E-state index is 0.582. The Balaban J connectivity index is 1.49. The predicted molar refractivity (Wildman–Crippen MR) is 87.6 cm³/mol. The Kier molecular flexibility index (Phi) is 3.60. The molecular weight excluding hydrogens is 272 g/mol. The molecule has 0 saturated carbocycles. The molecule has 0 aliphatic carbocycles. The Bertz CT molecular complexity index is 751. The number of nitrogens with zero attached hydrogens (tertiary/aromatic N) is 3. The van der Waals surface area contributed by atoms with Gasteiger partial charge in [-0.3, -0.25) is 15.0 Å². The number of nitrogens with one attached hydrogen (secondary N) is 1. The summed E-state index contributed by atoms with van der Waals surface area (Å²) in [5.74, 6) is 0.582. The molecule has 1 saturated heterocycles. The second-order valence-corrected chi connectivity index (χ2v) is 6.12. The summed E-state index contributed by atoms with van der Waals surface area (Å²) in [4.78, 5) is 6.94. The van der Waals surface area contributed by atoms with E-state index >= 15 is 0 Å². The van der Waals surface area contributed by atoms with E-state index in [0.29, 0.717) is 5.92 Å². The van der Waals surface area contributed by atoms with Crippen LogP contribution >= 0.6 is 0 Å². The Labute approximate surface area is 130 Å². The smallest absolute Gasteiger partial charge is 0.0702 e. The second-order valence-electron chi connectivity index (χ2n) is 6.12. The van der Waals surface area contributed by atoms with Gasteiger partial charge in [0.15, 0.2) is 0 Å². The molecule has 0 spiro atoms. The van der Waals surface area contributed by atoms with Crippen molar-refractivity contribution in [1.29, 1.82) is 0 Å². The molecule has 4 heteroatoms. The average Bonchev–Trinajstić information content (AvgIpc) is 3.10. The Hall–Kier alpha value is -2.20. The van der Waals surface area contributed by atoms with E-state index in [2.05, 4.69) is 50.4 Å². The summed E-state index contributed by atoms with van der Waals surface area (Å²) < 4.78 is 0. The van der Waals surface area contributed by atoms with E-state index in [9.17, 15) is 0 Å². The topological polar surface area (TPSA) is 44.8 Å². The van der Waals surface area contributed by atoms with Crippen molar-refractivity contribution in [3.8, 4) is 0 Å². The number of H-pyrrole nitrogens is 1. The molecule has 112 valence electrons. The van der Waals surface area contributed by atoms with Crippen LogP contribution in [0.1, 0.15) is 30.0 Å². The maximum atomic E-state index is 4.39. The summed E-state index contributed by atoms with van der Waals surface area (Å²) in [6.45, 7) is 3.29. The third kappa shape index (κ3) is 2.74. The summed E-state index contributed by atoms with van der Waals surface area (Å²) in [6.07, 6.45) is 6.20. The summed E-state index contributed by atoms with van der Waals surface area (Å²) in [7, 11) is 0. The number of aromatic amines is 1. The van der Waals surface area contributed by atoms with Gasteiger partial charge in [-0.2, -0.15) is 5.10 Å². The third-order valence-electron chi connectivity index (χ3n) is 4.54. The molecule has 3 heterocycles. The highest BCUT2D eigenvalue weighted by atomic mass is 15.1. The van der Waals surface area contributed by atoms with E-state index in [1.807, 2.05) is 18.5 Å². The minimum Gasteiger partial charge on any atom is -0.298 e. The fraction of sp³-hybridized carbons (Fsp3) is 0.333. The Morgan fingerprint density at radius 2 is 2.18 bits per heavy atom. The lowest BCUT2D eigenvalue weighted by molar-refractivity contribution is 0.198. The van der Waals surface area contributed by atoms with Gasteiger partial charge in [-0.15, -0.1) is 0 Å². The molecule has 1 aromatic carbocycles. The van der Waals surface area contributed by atoms with Gasteiger partial charge in [0.1, 0.15) is 0 Å². The predicted octanol–water partition coefficient (Wildman–Crippen LogP) is 3.34. The zero-order valence-electron chi connectivity index (χ0n) is 12.6. The number of likely N-dealkylation sites (tertiary alicyclic amines) is 1. The van der Waals surface area contributed by atoms with Gasteiger partial charge in [0.25, 0.3) is 0 Å². The standard InChI is InChI=1S/C18H20N4/c1-3-15-11-14(5-6-17(15)19-8-1)12-22-10-2-4-16(13-22)18-7-9-20-21-18/h1,3,5-9,11,16H,2,4,10,12-13H2,(H,20,21)/t16-/m0/s1. The molecule has 0 bridgehead atoms. The molecule has 22 heavy (non-hydrogen) atoms. The summed E-state index contributed by atoms with van der Waals surface area (Å²) in [5, 5.41) is 8.44. The molecule has 2 aromatic heterocycles. The van der Waals surface area contributed by atoms with Crippen LogP contribution in [0.2, 0.25) is 0 Å². The van der Waals surface area contributed by atoms with E-state index in [1.54, 1.807) is 0 Å². The zero-order chi connectivity index (χ0) is 14.8. The molecular formula is C18H20N4. The highest BCUT2D eigenvalue weighted by Gasteiger charge is 2.22. The van der Waals surface area contributed by atoms with Gasteiger partial charge in [-0.1, -0.05) is 12.1 Å². The summed E-state index contributed by atoms with van der Waals surface area (Å²) >= 11 is 0. The lowest BCUT2D eigenvalue weighted by atomic mass is 9.94. The largest absolute Gasteiger partial charge is 0.298 e. The number of hydrogen-bond donors (Lipinski definition) is 1. The van der Waals surface area contributed by atoms with Gasteiger partial charge in [-0.25, -0.2) is 0 Å². The van der Waals surface area contributed by atoms with Crippen LogP contribution in [-0.2, 0) is 6.54 Å². The average molecular weight is 292 g/mol. The monoisotopic (exact) mass is 292 g/mol. The first-order valence-electron chi connectivity index (χ1n) is 7.94. The van der Waals surface area contributed by atoms with E-state index in [1.165, 1.54) is 36.0 Å². The SMILES string of the molecule is c1cnc2ccc(CN3CCC[C@H](c4ccn[nH]4)C3)cc2c1. The van der Waals surface area contributed by atoms with Crippen molar-refractivity contribution in [2.45, 2.75) is 25.3 Å². The number of piperidine rings is 1. The lowest BCUT2D eigenvalue weighted by Gasteiger charge is -2.32. The molecule has 0 radical (unpaired) electrons. The maximum Gasteiger partial charge on any atom is 0.0702 e. The quantitative estimate of drug-likeness (QED) is 0.805. The summed E-state index contributed by atoms with van der Waals surface area (Å²) in [6, 6.07) is 12.8. The first-order valence-corrected chi connectivity index (χ1v) is 7.94. The van der Waals surface area contributed by atoms with Gasteiger partial charge in [-0.05, 0) is 49.2 Å². The number of aromatic nitrogens is 3. The van der Waals surface area contributed by atoms with Gasteiger partial charge in [0, 0.05) is 42.5 Å². The lowest BCUT2D eigenvalue weighted by Crippen LogP contribution is -2.34. The van der Waals surface area contributed by atoms with Crippen molar-refractivity contribution < 1.29 is 0 Å². The van der Waals surface area contributed by atoms with Crippen LogP contribution in [0.25, 0.3) is 10.9 Å². The third-order valence-corrected chi connectivity index (χ3v) is 4.54. The highest BCUT2D eigenvalue weighted by Crippen LogP contribution is 2.26. The molecule has 1 fully saturated rings. The van der Waals surface area contributed by atoms with Gasteiger partial charge >= 0.3 is 0 Å². The maximum absolute atomic E-state index is 4.39. The fourth-order valence-electron chi connectivity index (χ4n) is 3.43. The van der Waals surface area contributed by atoms with E-state index in [-0.39, 0.29) is 0 Å². The molecule has 0 unspecified atom stereocenters. The fourth-order valence-corrected chi connectivity index (χ4v) is 3.43. The van der Waals surface area contributed by atoms with Crippen molar-refractivity contribution in [3.05, 3.63) is 60.0 Å². The Morgan fingerprint density at radius 3 is 3.09 bits per heavy atom. The van der Waals surface area contributed by atoms with Gasteiger partial charge < -0.3 is 0 Å². The molecule has 1 aliphatic rings. The molecule has 4 rings (SSSR count). The molecule has 3 aromatic rings. The molecule has 1 N–H and O–H groups in total. The molecule has 1 atom stereocenters. The van der Waals surface area contributed by atoms with E-state index < -0.39 is 0 Å². The number of rotatable bonds is 3. The molecule has 1 aliphatic heterocycles.